The van der Waals surface area contributed by atoms with Gasteiger partial charge in [0, 0.05) is 11.6 Å². The maximum Gasteiger partial charge on any atom is 0.133 e. The molecule has 0 heterocycles. The van der Waals surface area contributed by atoms with Gasteiger partial charge in [-0.25, -0.2) is 0 Å². The van der Waals surface area contributed by atoms with Gasteiger partial charge in [0.2, 0.25) is 0 Å². The number of benzene rings is 2. The van der Waals surface area contributed by atoms with Crippen molar-refractivity contribution in [2.75, 3.05) is 7.05 Å². The summed E-state index contributed by atoms with van der Waals surface area (Å²) in [7, 11) is 1.93. The van der Waals surface area contributed by atoms with E-state index in [1.165, 1.54) is 5.56 Å². The van der Waals surface area contributed by atoms with Gasteiger partial charge in [-0.15, -0.1) is 0 Å². The highest BCUT2D eigenvalue weighted by molar-refractivity contribution is 6.30. The van der Waals surface area contributed by atoms with E-state index in [9.17, 15) is 0 Å². The van der Waals surface area contributed by atoms with Crippen LogP contribution >= 0.6 is 11.6 Å². The Bertz CT molecular complexity index is 558. The van der Waals surface area contributed by atoms with Crippen LogP contribution in [0.5, 0.6) is 11.5 Å². The minimum absolute atomic E-state index is 0.742. The third-order valence-electron chi connectivity index (χ3n) is 2.92. The van der Waals surface area contributed by atoms with Gasteiger partial charge in [-0.3, -0.25) is 0 Å². The maximum absolute atomic E-state index is 6.03. The summed E-state index contributed by atoms with van der Waals surface area (Å²) in [4.78, 5) is 0. The summed E-state index contributed by atoms with van der Waals surface area (Å²) >= 11 is 6.03. The third kappa shape index (κ3) is 3.49. The van der Waals surface area contributed by atoms with Crippen molar-refractivity contribution >= 4 is 11.6 Å². The summed E-state index contributed by atoms with van der Waals surface area (Å²) in [6.45, 7) is 4.84. The van der Waals surface area contributed by atoms with Crippen LogP contribution in [0.3, 0.4) is 0 Å². The molecule has 1 N–H and O–H groups in total. The fourth-order valence-corrected chi connectivity index (χ4v) is 2.43. The lowest BCUT2D eigenvalue weighted by Crippen LogP contribution is -2.04. The first kappa shape index (κ1) is 13.9. The molecular formula is C16H18ClNO. The van der Waals surface area contributed by atoms with Crippen molar-refractivity contribution in [2.24, 2.45) is 0 Å². The number of aryl methyl sites for hydroxylation is 2. The summed E-state index contributed by atoms with van der Waals surface area (Å²) in [5, 5.41) is 3.87. The van der Waals surface area contributed by atoms with E-state index in [4.69, 9.17) is 16.3 Å². The van der Waals surface area contributed by atoms with Gasteiger partial charge in [-0.1, -0.05) is 23.7 Å². The second-order valence-electron chi connectivity index (χ2n) is 4.65. The fourth-order valence-electron chi connectivity index (χ4n) is 2.10. The van der Waals surface area contributed by atoms with Crippen LogP contribution in [-0.4, -0.2) is 7.05 Å². The Morgan fingerprint density at radius 3 is 2.42 bits per heavy atom. The summed E-state index contributed by atoms with van der Waals surface area (Å²) in [5.41, 5.74) is 3.29. The molecule has 0 aliphatic rings. The molecule has 0 bridgehead atoms. The SMILES string of the molecule is CNCc1cccc(Oc2c(C)cc(Cl)cc2C)c1. The van der Waals surface area contributed by atoms with E-state index in [1.807, 2.05) is 51.2 Å². The Labute approximate surface area is 119 Å². The highest BCUT2D eigenvalue weighted by Gasteiger charge is 2.07. The predicted molar refractivity (Wildman–Crippen MR) is 80.2 cm³/mol. The third-order valence-corrected chi connectivity index (χ3v) is 3.14. The molecule has 0 saturated carbocycles. The van der Waals surface area contributed by atoms with Crippen LogP contribution in [0.2, 0.25) is 5.02 Å². The lowest BCUT2D eigenvalue weighted by Gasteiger charge is -2.13. The van der Waals surface area contributed by atoms with Gasteiger partial charge in [0.05, 0.1) is 0 Å². The Kier molecular flexibility index (Phi) is 4.46. The zero-order chi connectivity index (χ0) is 13.8. The molecule has 0 spiro atoms. The Morgan fingerprint density at radius 1 is 1.11 bits per heavy atom. The van der Waals surface area contributed by atoms with Gasteiger partial charge in [-0.05, 0) is 61.9 Å². The molecule has 0 fully saturated rings. The predicted octanol–water partition coefficient (Wildman–Crippen LogP) is 4.47. The minimum Gasteiger partial charge on any atom is -0.457 e. The van der Waals surface area contributed by atoms with E-state index in [2.05, 4.69) is 11.4 Å². The van der Waals surface area contributed by atoms with Crippen LogP contribution in [0.15, 0.2) is 36.4 Å². The molecule has 0 saturated heterocycles. The summed E-state index contributed by atoms with van der Waals surface area (Å²) in [5.74, 6) is 1.73. The molecular weight excluding hydrogens is 258 g/mol. The zero-order valence-corrected chi connectivity index (χ0v) is 12.2. The molecule has 0 amide bonds. The largest absolute Gasteiger partial charge is 0.457 e. The van der Waals surface area contributed by atoms with Crippen LogP contribution in [0.4, 0.5) is 0 Å². The number of hydrogen-bond donors (Lipinski definition) is 1. The molecule has 3 heteroatoms. The van der Waals surface area contributed by atoms with Crippen molar-refractivity contribution in [3.63, 3.8) is 0 Å². The molecule has 100 valence electrons. The van der Waals surface area contributed by atoms with Crippen LogP contribution in [0.25, 0.3) is 0 Å². The van der Waals surface area contributed by atoms with Gasteiger partial charge >= 0.3 is 0 Å². The van der Waals surface area contributed by atoms with E-state index >= 15 is 0 Å². The Balaban J connectivity index is 2.28. The quantitative estimate of drug-likeness (QED) is 0.889. The molecule has 0 radical (unpaired) electrons. The number of nitrogens with one attached hydrogen (secondary N) is 1. The number of hydrogen-bond acceptors (Lipinski definition) is 2. The number of rotatable bonds is 4. The molecule has 2 aromatic rings. The van der Waals surface area contributed by atoms with Crippen molar-refractivity contribution in [1.29, 1.82) is 0 Å². The normalized spacial score (nSPS) is 10.5. The molecule has 0 atom stereocenters. The van der Waals surface area contributed by atoms with Crippen LogP contribution < -0.4 is 10.1 Å². The van der Waals surface area contributed by atoms with Crippen molar-refractivity contribution in [1.82, 2.24) is 5.32 Å². The first-order chi connectivity index (χ1) is 9.10. The Hall–Kier alpha value is -1.51. The fraction of sp³-hybridized carbons (Fsp3) is 0.250. The zero-order valence-electron chi connectivity index (χ0n) is 11.5. The van der Waals surface area contributed by atoms with Gasteiger partial charge in [0.15, 0.2) is 0 Å². The van der Waals surface area contributed by atoms with E-state index in [0.717, 1.165) is 34.2 Å². The molecule has 0 aliphatic carbocycles. The van der Waals surface area contributed by atoms with Crippen molar-refractivity contribution < 1.29 is 4.74 Å². The average Bonchev–Trinajstić information content (AvgIpc) is 2.35. The maximum atomic E-state index is 6.03. The summed E-state index contributed by atoms with van der Waals surface area (Å²) < 4.78 is 6.00. The van der Waals surface area contributed by atoms with Gasteiger partial charge < -0.3 is 10.1 Å². The highest BCUT2D eigenvalue weighted by atomic mass is 35.5. The second-order valence-corrected chi connectivity index (χ2v) is 5.08. The van der Waals surface area contributed by atoms with Gasteiger partial charge in [0.25, 0.3) is 0 Å². The van der Waals surface area contributed by atoms with Crippen LogP contribution in [0, 0.1) is 13.8 Å². The van der Waals surface area contributed by atoms with Gasteiger partial charge in [0.1, 0.15) is 11.5 Å². The standard InChI is InChI=1S/C16H18ClNO/c1-11-7-14(17)8-12(2)16(11)19-15-6-4-5-13(9-15)10-18-3/h4-9,18H,10H2,1-3H3. The highest BCUT2D eigenvalue weighted by Crippen LogP contribution is 2.31. The molecule has 2 rings (SSSR count). The average molecular weight is 276 g/mol. The van der Waals surface area contributed by atoms with E-state index in [1.54, 1.807) is 0 Å². The monoisotopic (exact) mass is 275 g/mol. The summed E-state index contributed by atoms with van der Waals surface area (Å²) in [6, 6.07) is 11.9. The molecule has 19 heavy (non-hydrogen) atoms. The van der Waals surface area contributed by atoms with E-state index < -0.39 is 0 Å². The molecule has 0 unspecified atom stereocenters. The molecule has 0 aromatic heterocycles. The van der Waals surface area contributed by atoms with Crippen molar-refractivity contribution in [2.45, 2.75) is 20.4 Å². The Morgan fingerprint density at radius 2 is 1.79 bits per heavy atom. The second kappa shape index (κ2) is 6.09. The molecule has 0 aliphatic heterocycles. The summed E-state index contributed by atoms with van der Waals surface area (Å²) in [6.07, 6.45) is 0. The van der Waals surface area contributed by atoms with Crippen LogP contribution in [0.1, 0.15) is 16.7 Å². The minimum atomic E-state index is 0.742. The molecule has 2 nitrogen and oxygen atoms in total. The number of halogens is 1. The van der Waals surface area contributed by atoms with Gasteiger partial charge in [-0.2, -0.15) is 0 Å². The molecule has 2 aromatic carbocycles. The van der Waals surface area contributed by atoms with Crippen LogP contribution in [-0.2, 0) is 6.54 Å². The lowest BCUT2D eigenvalue weighted by atomic mass is 10.1. The number of ether oxygens (including phenoxy) is 1. The van der Waals surface area contributed by atoms with E-state index in [-0.39, 0.29) is 0 Å². The first-order valence-electron chi connectivity index (χ1n) is 6.28. The van der Waals surface area contributed by atoms with E-state index in [0.29, 0.717) is 0 Å². The first-order valence-corrected chi connectivity index (χ1v) is 6.66. The van der Waals surface area contributed by atoms with Crippen molar-refractivity contribution in [3.05, 3.63) is 58.1 Å². The lowest BCUT2D eigenvalue weighted by molar-refractivity contribution is 0.474. The topological polar surface area (TPSA) is 21.3 Å². The van der Waals surface area contributed by atoms with Crippen molar-refractivity contribution in [3.8, 4) is 11.5 Å². The smallest absolute Gasteiger partial charge is 0.133 e.